The first-order chi connectivity index (χ1) is 8.61. The average Bonchev–Trinajstić information content (AvgIpc) is 2.64. The van der Waals surface area contributed by atoms with Gasteiger partial charge in [0.15, 0.2) is 0 Å². The van der Waals surface area contributed by atoms with Crippen molar-refractivity contribution in [1.29, 1.82) is 0 Å². The van der Waals surface area contributed by atoms with Crippen LogP contribution >= 0.6 is 15.9 Å². The highest BCUT2D eigenvalue weighted by Gasteiger charge is 2.29. The van der Waals surface area contributed by atoms with Gasteiger partial charge in [-0.25, -0.2) is 0 Å². The summed E-state index contributed by atoms with van der Waals surface area (Å²) in [4.78, 5) is 22.8. The van der Waals surface area contributed by atoms with Crippen molar-refractivity contribution >= 4 is 33.5 Å². The second kappa shape index (κ2) is 5.49. The zero-order valence-electron chi connectivity index (χ0n) is 9.83. The van der Waals surface area contributed by atoms with E-state index in [9.17, 15) is 9.59 Å². The average molecular weight is 313 g/mol. The van der Waals surface area contributed by atoms with E-state index >= 15 is 0 Å². The van der Waals surface area contributed by atoms with Crippen LogP contribution in [0.5, 0.6) is 0 Å². The van der Waals surface area contributed by atoms with E-state index in [-0.39, 0.29) is 18.3 Å². The van der Waals surface area contributed by atoms with Crippen LogP contribution in [0.15, 0.2) is 22.7 Å². The fraction of sp³-hybridized carbons (Fsp3) is 0.333. The molecule has 0 aliphatic carbocycles. The third kappa shape index (κ3) is 2.70. The van der Waals surface area contributed by atoms with Gasteiger partial charge in [0.05, 0.1) is 13.5 Å². The predicted octanol–water partition coefficient (Wildman–Crippen LogP) is 1.59. The number of nitrogens with one attached hydrogen (secondary N) is 2. The highest BCUT2D eigenvalue weighted by Crippen LogP contribution is 2.32. The summed E-state index contributed by atoms with van der Waals surface area (Å²) in [6.45, 7) is 0.403. The maximum absolute atomic E-state index is 11.8. The molecule has 0 saturated carbocycles. The molecule has 1 aromatic rings. The van der Waals surface area contributed by atoms with Crippen molar-refractivity contribution in [2.45, 2.75) is 12.5 Å². The quantitative estimate of drug-likeness (QED) is 0.829. The number of rotatable bonds is 4. The van der Waals surface area contributed by atoms with Crippen molar-refractivity contribution in [2.75, 3.05) is 19.0 Å². The molecule has 0 bridgehead atoms. The van der Waals surface area contributed by atoms with Gasteiger partial charge in [0.2, 0.25) is 5.91 Å². The molecule has 1 unspecified atom stereocenters. The number of anilines is 1. The maximum Gasteiger partial charge on any atom is 0.306 e. The van der Waals surface area contributed by atoms with E-state index in [1.807, 2.05) is 18.2 Å². The normalized spacial score (nSPS) is 17.2. The zero-order valence-corrected chi connectivity index (χ0v) is 11.4. The van der Waals surface area contributed by atoms with Gasteiger partial charge in [-0.1, -0.05) is 22.0 Å². The Labute approximate surface area is 113 Å². The first kappa shape index (κ1) is 13.0. The summed E-state index contributed by atoms with van der Waals surface area (Å²) in [6, 6.07) is 5.22. The van der Waals surface area contributed by atoms with Crippen molar-refractivity contribution in [3.05, 3.63) is 28.2 Å². The molecule has 18 heavy (non-hydrogen) atoms. The zero-order chi connectivity index (χ0) is 13.1. The van der Waals surface area contributed by atoms with E-state index in [4.69, 9.17) is 0 Å². The second-order valence-corrected chi connectivity index (χ2v) is 4.85. The molecule has 5 nitrogen and oxygen atoms in total. The Morgan fingerprint density at radius 1 is 1.56 bits per heavy atom. The second-order valence-electron chi connectivity index (χ2n) is 3.93. The highest BCUT2D eigenvalue weighted by molar-refractivity contribution is 9.10. The highest BCUT2D eigenvalue weighted by atomic mass is 79.9. The number of hydrogen-bond acceptors (Lipinski definition) is 4. The molecule has 2 rings (SSSR count). The molecule has 1 amide bonds. The largest absolute Gasteiger partial charge is 0.469 e. The van der Waals surface area contributed by atoms with Crippen LogP contribution in [0.25, 0.3) is 0 Å². The van der Waals surface area contributed by atoms with Crippen molar-refractivity contribution in [1.82, 2.24) is 5.32 Å². The Balaban J connectivity index is 2.02. The molecule has 6 heteroatoms. The van der Waals surface area contributed by atoms with Crippen LogP contribution in [-0.2, 0) is 14.3 Å². The molecular weight excluding hydrogens is 300 g/mol. The Kier molecular flexibility index (Phi) is 3.98. The standard InChI is InChI=1S/C12H13BrN2O3/c1-18-10(16)4-5-14-11-8-3-2-7(13)6-9(8)15-12(11)17/h2-3,6,11,14H,4-5H2,1H3,(H,15,17). The van der Waals surface area contributed by atoms with Crippen LogP contribution in [0.4, 0.5) is 5.69 Å². The van der Waals surface area contributed by atoms with Crippen LogP contribution in [0.1, 0.15) is 18.0 Å². The molecule has 0 radical (unpaired) electrons. The Hall–Kier alpha value is -1.40. The van der Waals surface area contributed by atoms with Gasteiger partial charge in [0.25, 0.3) is 0 Å². The molecule has 0 fully saturated rings. The van der Waals surface area contributed by atoms with Gasteiger partial charge in [0.1, 0.15) is 6.04 Å². The van der Waals surface area contributed by atoms with Crippen LogP contribution in [0.3, 0.4) is 0 Å². The number of hydrogen-bond donors (Lipinski definition) is 2. The summed E-state index contributed by atoms with van der Waals surface area (Å²) < 4.78 is 5.45. The van der Waals surface area contributed by atoms with Crippen molar-refractivity contribution < 1.29 is 14.3 Å². The Morgan fingerprint density at radius 3 is 3.06 bits per heavy atom. The molecule has 1 aliphatic rings. The lowest BCUT2D eigenvalue weighted by molar-refractivity contribution is -0.140. The number of esters is 1. The third-order valence-electron chi connectivity index (χ3n) is 2.75. The number of methoxy groups -OCH3 is 1. The summed E-state index contributed by atoms with van der Waals surface area (Å²) in [6.07, 6.45) is 0.242. The lowest BCUT2D eigenvalue weighted by atomic mass is 10.1. The van der Waals surface area contributed by atoms with Crippen LogP contribution in [-0.4, -0.2) is 25.5 Å². The molecule has 0 saturated heterocycles. The minimum absolute atomic E-state index is 0.104. The predicted molar refractivity (Wildman–Crippen MR) is 70.1 cm³/mol. The first-order valence-electron chi connectivity index (χ1n) is 5.52. The van der Waals surface area contributed by atoms with Gasteiger partial charge in [0, 0.05) is 22.3 Å². The van der Waals surface area contributed by atoms with Gasteiger partial charge in [-0.05, 0) is 12.1 Å². The van der Waals surface area contributed by atoms with Gasteiger partial charge in [-0.15, -0.1) is 0 Å². The summed E-state index contributed by atoms with van der Waals surface area (Å²) in [5.41, 5.74) is 1.69. The minimum atomic E-state index is -0.405. The van der Waals surface area contributed by atoms with Gasteiger partial charge in [-0.3, -0.25) is 9.59 Å². The molecule has 1 aliphatic heterocycles. The van der Waals surface area contributed by atoms with Crippen molar-refractivity contribution in [3.63, 3.8) is 0 Å². The number of benzene rings is 1. The SMILES string of the molecule is COC(=O)CCNC1C(=O)Nc2cc(Br)ccc21. The Morgan fingerprint density at radius 2 is 2.33 bits per heavy atom. The van der Waals surface area contributed by atoms with Crippen molar-refractivity contribution in [2.24, 2.45) is 0 Å². The van der Waals surface area contributed by atoms with Crippen LogP contribution in [0.2, 0.25) is 0 Å². The smallest absolute Gasteiger partial charge is 0.306 e. The van der Waals surface area contributed by atoms with E-state index in [0.29, 0.717) is 6.54 Å². The molecule has 1 atom stereocenters. The maximum atomic E-state index is 11.8. The fourth-order valence-electron chi connectivity index (χ4n) is 1.86. The topological polar surface area (TPSA) is 67.4 Å². The molecule has 1 aromatic carbocycles. The molecule has 2 N–H and O–H groups in total. The molecular formula is C12H13BrN2O3. The number of carbonyl (C=O) groups is 2. The van der Waals surface area contributed by atoms with Crippen LogP contribution < -0.4 is 10.6 Å². The monoisotopic (exact) mass is 312 g/mol. The van der Waals surface area contributed by atoms with E-state index in [0.717, 1.165) is 15.7 Å². The number of amides is 1. The first-order valence-corrected chi connectivity index (χ1v) is 6.31. The molecule has 1 heterocycles. The summed E-state index contributed by atoms with van der Waals surface area (Å²) in [5.74, 6) is -0.398. The summed E-state index contributed by atoms with van der Waals surface area (Å²) in [7, 11) is 1.34. The number of ether oxygens (including phenoxy) is 1. The minimum Gasteiger partial charge on any atom is -0.469 e. The van der Waals surface area contributed by atoms with E-state index in [1.54, 1.807) is 0 Å². The number of carbonyl (C=O) groups excluding carboxylic acids is 2. The Bertz CT molecular complexity index is 490. The number of halogens is 1. The van der Waals surface area contributed by atoms with E-state index < -0.39 is 6.04 Å². The third-order valence-corrected chi connectivity index (χ3v) is 3.24. The lowest BCUT2D eigenvalue weighted by Crippen LogP contribution is -2.29. The van der Waals surface area contributed by atoms with E-state index in [2.05, 4.69) is 31.3 Å². The van der Waals surface area contributed by atoms with Crippen molar-refractivity contribution in [3.8, 4) is 0 Å². The summed E-state index contributed by atoms with van der Waals surface area (Å²) >= 11 is 3.35. The number of fused-ring (bicyclic) bond motifs is 1. The summed E-state index contributed by atoms with van der Waals surface area (Å²) in [5, 5.41) is 5.84. The van der Waals surface area contributed by atoms with Gasteiger partial charge < -0.3 is 15.4 Å². The molecule has 96 valence electrons. The lowest BCUT2D eigenvalue weighted by Gasteiger charge is -2.10. The van der Waals surface area contributed by atoms with E-state index in [1.165, 1.54) is 7.11 Å². The van der Waals surface area contributed by atoms with Gasteiger partial charge in [-0.2, -0.15) is 0 Å². The van der Waals surface area contributed by atoms with Gasteiger partial charge >= 0.3 is 5.97 Å². The molecule has 0 aromatic heterocycles. The molecule has 0 spiro atoms. The fourth-order valence-corrected chi connectivity index (χ4v) is 2.22. The van der Waals surface area contributed by atoms with Crippen LogP contribution in [0, 0.1) is 0 Å².